The van der Waals surface area contributed by atoms with Crippen molar-refractivity contribution >= 4 is 6.29 Å². The van der Waals surface area contributed by atoms with E-state index in [2.05, 4.69) is 6.92 Å². The summed E-state index contributed by atoms with van der Waals surface area (Å²) in [5.74, 6) is 2.86. The van der Waals surface area contributed by atoms with Crippen LogP contribution in [0.3, 0.4) is 0 Å². The van der Waals surface area contributed by atoms with Gasteiger partial charge in [0, 0.05) is 17.0 Å². The van der Waals surface area contributed by atoms with E-state index in [1.54, 1.807) is 13.2 Å². The van der Waals surface area contributed by atoms with Gasteiger partial charge in [0.05, 0.1) is 7.11 Å². The van der Waals surface area contributed by atoms with Gasteiger partial charge in [0.1, 0.15) is 12.4 Å². The van der Waals surface area contributed by atoms with Crippen molar-refractivity contribution in [2.75, 3.05) is 13.9 Å². The Bertz CT molecular complexity index is 783. The van der Waals surface area contributed by atoms with E-state index in [1.165, 1.54) is 0 Å². The lowest BCUT2D eigenvalue weighted by atomic mass is 9.91. The Hall–Kier alpha value is -2.69. The minimum Gasteiger partial charge on any atom is -0.493 e. The number of carbonyl (C=O) groups excluding carboxylic acids is 1. The molecular formula is C18H16O5. The molecule has 0 fully saturated rings. The zero-order valence-electron chi connectivity index (χ0n) is 12.9. The van der Waals surface area contributed by atoms with Crippen LogP contribution in [0.2, 0.25) is 0 Å². The molecule has 23 heavy (non-hydrogen) atoms. The van der Waals surface area contributed by atoms with E-state index in [-0.39, 0.29) is 18.8 Å². The zero-order valence-corrected chi connectivity index (χ0v) is 12.9. The van der Waals surface area contributed by atoms with Crippen LogP contribution < -0.4 is 18.9 Å². The van der Waals surface area contributed by atoms with Crippen molar-refractivity contribution in [2.24, 2.45) is 0 Å². The Morgan fingerprint density at radius 1 is 1.17 bits per heavy atom. The molecule has 4 rings (SSSR count). The molecule has 2 heterocycles. The molecule has 5 nitrogen and oxygen atoms in total. The van der Waals surface area contributed by atoms with Gasteiger partial charge >= 0.3 is 0 Å². The molecule has 0 saturated heterocycles. The molecule has 0 unspecified atom stereocenters. The number of hydrogen-bond donors (Lipinski definition) is 0. The van der Waals surface area contributed by atoms with E-state index >= 15 is 0 Å². The summed E-state index contributed by atoms with van der Waals surface area (Å²) in [5.41, 5.74) is 2.57. The molecule has 0 amide bonds. The molecule has 2 aliphatic rings. The zero-order chi connectivity index (χ0) is 16.0. The van der Waals surface area contributed by atoms with Crippen molar-refractivity contribution in [3.05, 3.63) is 47.0 Å². The van der Waals surface area contributed by atoms with Gasteiger partial charge in [-0.05, 0) is 29.8 Å². The van der Waals surface area contributed by atoms with Crippen molar-refractivity contribution in [1.29, 1.82) is 0 Å². The summed E-state index contributed by atoms with van der Waals surface area (Å²) >= 11 is 0. The van der Waals surface area contributed by atoms with Gasteiger partial charge in [0.2, 0.25) is 6.79 Å². The molecule has 118 valence electrons. The average Bonchev–Trinajstić information content (AvgIpc) is 3.18. The lowest BCUT2D eigenvalue weighted by Crippen LogP contribution is -2.07. The van der Waals surface area contributed by atoms with E-state index in [0.29, 0.717) is 17.1 Å². The molecule has 2 aromatic carbocycles. The molecule has 5 heteroatoms. The van der Waals surface area contributed by atoms with Gasteiger partial charge in [-0.1, -0.05) is 13.0 Å². The molecule has 0 bridgehead atoms. The van der Waals surface area contributed by atoms with Crippen LogP contribution >= 0.6 is 0 Å². The summed E-state index contributed by atoms with van der Waals surface area (Å²) < 4.78 is 22.3. The standard InChI is InChI=1S/C18H16O5/c1-10-13-5-11(8-19)6-16(20-2)18(13)23-17(10)12-3-4-14-15(7-12)22-9-21-14/h3-8,10,17H,9H2,1-2H3/t10-,17+/m1/s1. The number of hydrogen-bond acceptors (Lipinski definition) is 5. The Morgan fingerprint density at radius 2 is 2.00 bits per heavy atom. The highest BCUT2D eigenvalue weighted by molar-refractivity contribution is 5.78. The summed E-state index contributed by atoms with van der Waals surface area (Å²) in [6.07, 6.45) is 0.666. The van der Waals surface area contributed by atoms with Crippen molar-refractivity contribution < 1.29 is 23.7 Å². The third kappa shape index (κ3) is 2.11. The second kappa shape index (κ2) is 5.19. The number of ether oxygens (including phenoxy) is 4. The van der Waals surface area contributed by atoms with Gasteiger partial charge in [0.15, 0.2) is 23.0 Å². The minimum absolute atomic E-state index is 0.0965. The molecule has 0 saturated carbocycles. The SMILES string of the molecule is COc1cc(C=O)cc2c1O[C@H](c1ccc3c(c1)OCO3)[C@@H]2C. The monoisotopic (exact) mass is 312 g/mol. The van der Waals surface area contributed by atoms with Crippen molar-refractivity contribution in [1.82, 2.24) is 0 Å². The highest BCUT2D eigenvalue weighted by atomic mass is 16.7. The largest absolute Gasteiger partial charge is 0.493 e. The summed E-state index contributed by atoms with van der Waals surface area (Å²) in [6.45, 7) is 2.33. The van der Waals surface area contributed by atoms with Crippen molar-refractivity contribution in [2.45, 2.75) is 18.9 Å². The Labute approximate surface area is 133 Å². The molecule has 2 atom stereocenters. The minimum atomic E-state index is -0.157. The van der Waals surface area contributed by atoms with Gasteiger partial charge < -0.3 is 18.9 Å². The molecule has 0 spiro atoms. The van der Waals surface area contributed by atoms with Crippen LogP contribution in [0.5, 0.6) is 23.0 Å². The summed E-state index contributed by atoms with van der Waals surface area (Å²) in [5, 5.41) is 0. The van der Waals surface area contributed by atoms with Gasteiger partial charge in [-0.25, -0.2) is 0 Å². The second-order valence-corrected chi connectivity index (χ2v) is 5.70. The number of methoxy groups -OCH3 is 1. The topological polar surface area (TPSA) is 54.0 Å². The third-order valence-electron chi connectivity index (χ3n) is 4.38. The van der Waals surface area contributed by atoms with E-state index in [9.17, 15) is 4.79 Å². The predicted molar refractivity (Wildman–Crippen MR) is 82.7 cm³/mol. The van der Waals surface area contributed by atoms with E-state index in [1.807, 2.05) is 24.3 Å². The number of aldehydes is 1. The Balaban J connectivity index is 1.74. The Kier molecular flexibility index (Phi) is 3.15. The summed E-state index contributed by atoms with van der Waals surface area (Å²) in [7, 11) is 1.58. The normalized spacial score (nSPS) is 20.8. The molecule has 2 aliphatic heterocycles. The third-order valence-corrected chi connectivity index (χ3v) is 4.38. The lowest BCUT2D eigenvalue weighted by Gasteiger charge is -2.16. The van der Waals surface area contributed by atoms with Crippen LogP contribution in [0.4, 0.5) is 0 Å². The predicted octanol–water partition coefficient (Wildman–Crippen LogP) is 3.47. The molecule has 0 aromatic heterocycles. The van der Waals surface area contributed by atoms with Crippen LogP contribution in [0, 0.1) is 0 Å². The second-order valence-electron chi connectivity index (χ2n) is 5.70. The number of benzene rings is 2. The first-order valence-electron chi connectivity index (χ1n) is 7.44. The summed E-state index contributed by atoms with van der Waals surface area (Å²) in [4.78, 5) is 11.1. The fourth-order valence-corrected chi connectivity index (χ4v) is 3.17. The van der Waals surface area contributed by atoms with Gasteiger partial charge in [-0.3, -0.25) is 4.79 Å². The fourth-order valence-electron chi connectivity index (χ4n) is 3.17. The quantitative estimate of drug-likeness (QED) is 0.812. The molecular weight excluding hydrogens is 296 g/mol. The fraction of sp³-hybridized carbons (Fsp3) is 0.278. The Morgan fingerprint density at radius 3 is 2.78 bits per heavy atom. The van der Waals surface area contributed by atoms with Gasteiger partial charge in [-0.15, -0.1) is 0 Å². The van der Waals surface area contributed by atoms with Gasteiger partial charge in [0.25, 0.3) is 0 Å². The molecule has 2 aromatic rings. The lowest BCUT2D eigenvalue weighted by molar-refractivity contribution is 0.112. The number of rotatable bonds is 3. The van der Waals surface area contributed by atoms with Crippen molar-refractivity contribution in [3.8, 4) is 23.0 Å². The first kappa shape index (κ1) is 13.9. The maximum absolute atomic E-state index is 11.1. The van der Waals surface area contributed by atoms with Crippen LogP contribution in [-0.4, -0.2) is 20.2 Å². The van der Waals surface area contributed by atoms with E-state index < -0.39 is 0 Å². The van der Waals surface area contributed by atoms with Crippen LogP contribution in [0.1, 0.15) is 40.4 Å². The first-order chi connectivity index (χ1) is 11.2. The van der Waals surface area contributed by atoms with Crippen LogP contribution in [-0.2, 0) is 0 Å². The first-order valence-corrected chi connectivity index (χ1v) is 7.44. The van der Waals surface area contributed by atoms with Crippen LogP contribution in [0.15, 0.2) is 30.3 Å². The maximum atomic E-state index is 11.1. The highest BCUT2D eigenvalue weighted by Gasteiger charge is 2.35. The van der Waals surface area contributed by atoms with Crippen molar-refractivity contribution in [3.63, 3.8) is 0 Å². The molecule has 0 N–H and O–H groups in total. The van der Waals surface area contributed by atoms with Crippen LogP contribution in [0.25, 0.3) is 0 Å². The number of fused-ring (bicyclic) bond motifs is 2. The average molecular weight is 312 g/mol. The van der Waals surface area contributed by atoms with E-state index in [0.717, 1.165) is 28.9 Å². The van der Waals surface area contributed by atoms with E-state index in [4.69, 9.17) is 18.9 Å². The molecule has 0 aliphatic carbocycles. The van der Waals surface area contributed by atoms with Gasteiger partial charge in [-0.2, -0.15) is 0 Å². The smallest absolute Gasteiger partial charge is 0.231 e. The summed E-state index contributed by atoms with van der Waals surface area (Å²) in [6, 6.07) is 9.38. The maximum Gasteiger partial charge on any atom is 0.231 e. The molecule has 0 radical (unpaired) electrons. The number of carbonyl (C=O) groups is 1. The highest BCUT2D eigenvalue weighted by Crippen LogP contribution is 2.51.